The highest BCUT2D eigenvalue weighted by molar-refractivity contribution is 5.71. The third-order valence-corrected chi connectivity index (χ3v) is 6.55. The number of hydrogen-bond acceptors (Lipinski definition) is 5. The van der Waals surface area contributed by atoms with Crippen molar-refractivity contribution in [3.8, 4) is 6.07 Å². The highest BCUT2D eigenvalue weighted by Crippen LogP contribution is 2.56. The molecule has 3 aliphatic rings. The van der Waals surface area contributed by atoms with Gasteiger partial charge in [-0.15, -0.1) is 0 Å². The van der Waals surface area contributed by atoms with Crippen LogP contribution in [0.2, 0.25) is 0 Å². The second-order valence-electron chi connectivity index (χ2n) is 8.10. The number of aromatic nitrogens is 1. The average molecular weight is 394 g/mol. The summed E-state index contributed by atoms with van der Waals surface area (Å²) < 4.78 is 40.9. The van der Waals surface area contributed by atoms with Crippen LogP contribution in [0.1, 0.15) is 31.4 Å². The number of hydrogen-bond donors (Lipinski definition) is 1. The summed E-state index contributed by atoms with van der Waals surface area (Å²) in [6, 6.07) is 2.71. The van der Waals surface area contributed by atoms with E-state index in [2.05, 4.69) is 4.98 Å². The van der Waals surface area contributed by atoms with Crippen LogP contribution in [0.15, 0.2) is 6.07 Å². The molecule has 150 valence electrons. The number of alkyl halides is 3. The third-order valence-electron chi connectivity index (χ3n) is 6.55. The second kappa shape index (κ2) is 6.26. The van der Waals surface area contributed by atoms with E-state index >= 15 is 0 Å². The van der Waals surface area contributed by atoms with E-state index in [0.717, 1.165) is 12.5 Å². The minimum absolute atomic E-state index is 0.0451. The van der Waals surface area contributed by atoms with Gasteiger partial charge in [-0.1, -0.05) is 6.92 Å². The summed E-state index contributed by atoms with van der Waals surface area (Å²) in [4.78, 5) is 19.2. The molecule has 2 saturated heterocycles. The first-order chi connectivity index (χ1) is 13.1. The predicted molar refractivity (Wildman–Crippen MR) is 94.9 cm³/mol. The Balaban J connectivity index is 1.65. The van der Waals surface area contributed by atoms with Crippen molar-refractivity contribution in [2.45, 2.75) is 32.5 Å². The van der Waals surface area contributed by atoms with Crippen LogP contribution in [-0.4, -0.2) is 41.7 Å². The van der Waals surface area contributed by atoms with E-state index < -0.39 is 29.2 Å². The summed E-state index contributed by atoms with van der Waals surface area (Å²) in [5, 5.41) is 18.6. The van der Waals surface area contributed by atoms with Crippen molar-refractivity contribution in [3.63, 3.8) is 0 Å². The number of aliphatic carboxylic acids is 1. The van der Waals surface area contributed by atoms with Gasteiger partial charge in [-0.05, 0) is 37.2 Å². The van der Waals surface area contributed by atoms with E-state index in [1.807, 2.05) is 6.92 Å². The molecular weight excluding hydrogens is 373 g/mol. The number of rotatable bonds is 4. The van der Waals surface area contributed by atoms with Crippen molar-refractivity contribution in [2.24, 2.45) is 23.7 Å². The van der Waals surface area contributed by atoms with Crippen LogP contribution in [-0.2, 0) is 11.0 Å². The highest BCUT2D eigenvalue weighted by atomic mass is 19.4. The number of carbonyl (C=O) groups is 1. The number of fused-ring (bicyclic) bond motifs is 1. The number of carboxylic acids is 1. The zero-order valence-corrected chi connectivity index (χ0v) is 15.6. The number of pyridine rings is 1. The Kier molecular flexibility index (Phi) is 4.21. The van der Waals surface area contributed by atoms with Gasteiger partial charge in [0.15, 0.2) is 0 Å². The van der Waals surface area contributed by atoms with Gasteiger partial charge in [0.25, 0.3) is 0 Å². The smallest absolute Gasteiger partial charge is 0.417 e. The Hall–Kier alpha value is -2.50. The predicted octanol–water partition coefficient (Wildman–Crippen LogP) is 2.97. The minimum atomic E-state index is -4.64. The fourth-order valence-electron chi connectivity index (χ4n) is 4.72. The molecule has 0 bridgehead atoms. The van der Waals surface area contributed by atoms with Crippen LogP contribution >= 0.6 is 0 Å². The van der Waals surface area contributed by atoms with Crippen molar-refractivity contribution in [1.29, 1.82) is 5.26 Å². The fraction of sp³-hybridized carbons (Fsp3) is 0.632. The molecule has 0 amide bonds. The van der Waals surface area contributed by atoms with Gasteiger partial charge >= 0.3 is 12.1 Å². The minimum Gasteiger partial charge on any atom is -0.481 e. The molecule has 1 aromatic rings. The number of carboxylic acid groups (broad SMARTS) is 1. The largest absolute Gasteiger partial charge is 0.481 e. The van der Waals surface area contributed by atoms with E-state index in [4.69, 9.17) is 0 Å². The molecular formula is C19H21F3N4O2. The molecule has 28 heavy (non-hydrogen) atoms. The Labute approximate surface area is 160 Å². The molecule has 2 aliphatic heterocycles. The zero-order valence-electron chi connectivity index (χ0n) is 15.6. The molecule has 1 aliphatic carbocycles. The fourth-order valence-corrected chi connectivity index (χ4v) is 4.72. The first-order valence-electron chi connectivity index (χ1n) is 9.40. The van der Waals surface area contributed by atoms with Gasteiger partial charge in [-0.25, -0.2) is 4.98 Å². The van der Waals surface area contributed by atoms with E-state index in [0.29, 0.717) is 19.6 Å². The van der Waals surface area contributed by atoms with Gasteiger partial charge in [0.05, 0.1) is 11.5 Å². The topological polar surface area (TPSA) is 80.5 Å². The summed E-state index contributed by atoms with van der Waals surface area (Å²) in [6.07, 6.45) is -3.80. The van der Waals surface area contributed by atoms with Gasteiger partial charge in [0, 0.05) is 25.7 Å². The lowest BCUT2D eigenvalue weighted by Gasteiger charge is -2.41. The summed E-state index contributed by atoms with van der Waals surface area (Å²) in [6.45, 7) is 5.15. The van der Waals surface area contributed by atoms with Gasteiger partial charge in [0.2, 0.25) is 0 Å². The number of anilines is 2. The monoisotopic (exact) mass is 394 g/mol. The molecule has 3 fully saturated rings. The summed E-state index contributed by atoms with van der Waals surface area (Å²) in [5.41, 5.74) is -1.38. The van der Waals surface area contributed by atoms with Gasteiger partial charge in [-0.3, -0.25) is 4.79 Å². The maximum atomic E-state index is 13.6. The van der Waals surface area contributed by atoms with Crippen LogP contribution < -0.4 is 9.80 Å². The zero-order chi connectivity index (χ0) is 20.4. The van der Waals surface area contributed by atoms with Crippen molar-refractivity contribution in [2.75, 3.05) is 29.4 Å². The summed E-state index contributed by atoms with van der Waals surface area (Å²) in [7, 11) is 0. The summed E-state index contributed by atoms with van der Waals surface area (Å²) >= 11 is 0. The van der Waals surface area contributed by atoms with Crippen LogP contribution in [0, 0.1) is 35.0 Å². The molecule has 5 atom stereocenters. The molecule has 3 heterocycles. The molecule has 0 spiro atoms. The summed E-state index contributed by atoms with van der Waals surface area (Å²) in [5.74, 6) is -0.556. The third kappa shape index (κ3) is 2.86. The number of piperidine rings is 1. The van der Waals surface area contributed by atoms with Crippen molar-refractivity contribution < 1.29 is 23.1 Å². The lowest BCUT2D eigenvalue weighted by molar-refractivity contribution is -0.142. The number of halogens is 3. The van der Waals surface area contributed by atoms with Crippen LogP contribution in [0.5, 0.6) is 0 Å². The van der Waals surface area contributed by atoms with Crippen molar-refractivity contribution >= 4 is 17.6 Å². The molecule has 0 radical (unpaired) electrons. The molecule has 1 saturated carbocycles. The number of nitrogens with zero attached hydrogens (tertiary/aromatic N) is 4. The Bertz CT molecular complexity index is 854. The molecule has 1 aromatic heterocycles. The average Bonchev–Trinajstić information content (AvgIpc) is 3.10. The van der Waals surface area contributed by atoms with Crippen molar-refractivity contribution in [1.82, 2.24) is 4.98 Å². The maximum absolute atomic E-state index is 13.6. The van der Waals surface area contributed by atoms with E-state index in [1.54, 1.807) is 22.8 Å². The molecule has 9 heteroatoms. The lowest BCUT2D eigenvalue weighted by atomic mass is 10.0. The molecule has 2 unspecified atom stereocenters. The molecule has 6 nitrogen and oxygen atoms in total. The second-order valence-corrected chi connectivity index (χ2v) is 8.10. The van der Waals surface area contributed by atoms with E-state index in [1.165, 1.54) is 0 Å². The highest BCUT2D eigenvalue weighted by Gasteiger charge is 2.59. The van der Waals surface area contributed by atoms with Crippen LogP contribution in [0.25, 0.3) is 0 Å². The van der Waals surface area contributed by atoms with Gasteiger partial charge in [0.1, 0.15) is 23.3 Å². The Morgan fingerprint density at radius 3 is 2.46 bits per heavy atom. The first-order valence-corrected chi connectivity index (χ1v) is 9.40. The van der Waals surface area contributed by atoms with Crippen molar-refractivity contribution in [3.05, 3.63) is 17.2 Å². The SMILES string of the molecule is CC(C(=O)O)C1[C@H]2CN(c3cc(C(F)(F)F)c(C#N)c(N4CC[C@@H]4C)n3)C[C@@H]12. The quantitative estimate of drug-likeness (QED) is 0.846. The van der Waals surface area contributed by atoms with Gasteiger partial charge < -0.3 is 14.9 Å². The number of nitriles is 1. The molecule has 4 rings (SSSR count). The van der Waals surface area contributed by atoms with Crippen LogP contribution in [0.4, 0.5) is 24.8 Å². The molecule has 0 aromatic carbocycles. The van der Waals surface area contributed by atoms with E-state index in [-0.39, 0.29) is 35.4 Å². The molecule has 1 N–H and O–H groups in total. The maximum Gasteiger partial charge on any atom is 0.417 e. The van der Waals surface area contributed by atoms with E-state index in [9.17, 15) is 28.3 Å². The normalized spacial score (nSPS) is 29.7. The lowest BCUT2D eigenvalue weighted by Crippen LogP contribution is -2.47. The Morgan fingerprint density at radius 1 is 1.39 bits per heavy atom. The van der Waals surface area contributed by atoms with Crippen LogP contribution in [0.3, 0.4) is 0 Å². The first kappa shape index (κ1) is 18.8. The standard InChI is InChI=1S/C19H21F3N4O2/c1-9-3-4-26(9)17-11(6-23)14(19(20,21)22)5-15(24-17)25-7-12-13(8-25)16(12)10(2)18(27)28/h5,9-10,12-13,16H,3-4,7-8H2,1-2H3,(H,27,28)/t9-,10?,12-,13+,16?/m0/s1. The van der Waals surface area contributed by atoms with Gasteiger partial charge in [-0.2, -0.15) is 18.4 Å². The Morgan fingerprint density at radius 2 is 2.04 bits per heavy atom.